The lowest BCUT2D eigenvalue weighted by Gasteiger charge is -2.43. The molecular weight excluding hydrogens is 602 g/mol. The van der Waals surface area contributed by atoms with Gasteiger partial charge in [0, 0.05) is 28.9 Å². The molecule has 3 saturated carbocycles. The molecule has 0 amide bonds. The smallest absolute Gasteiger partial charge is 0.167 e. The Kier molecular flexibility index (Phi) is 9.61. The van der Waals surface area contributed by atoms with E-state index in [0.29, 0.717) is 34.7 Å². The minimum Gasteiger partial charge on any atom is -0.454 e. The van der Waals surface area contributed by atoms with Crippen LogP contribution in [-0.2, 0) is 5.41 Å². The van der Waals surface area contributed by atoms with E-state index in [9.17, 15) is 8.78 Å². The van der Waals surface area contributed by atoms with Gasteiger partial charge in [0.25, 0.3) is 0 Å². The number of hydrogen-bond donors (Lipinski definition) is 2. The van der Waals surface area contributed by atoms with Crippen molar-refractivity contribution in [3.8, 4) is 23.0 Å². The molecule has 4 aromatic rings. The van der Waals surface area contributed by atoms with Gasteiger partial charge in [0.05, 0.1) is 0 Å². The number of nitrogens with two attached hydrogens (primary N) is 2. The number of hydrogen-bond acceptors (Lipinski definition) is 4. The van der Waals surface area contributed by atoms with Gasteiger partial charge in [-0.05, 0) is 121 Å². The van der Waals surface area contributed by atoms with E-state index in [1.165, 1.54) is 79.3 Å². The van der Waals surface area contributed by atoms with Crippen molar-refractivity contribution < 1.29 is 18.3 Å². The minimum absolute atomic E-state index is 0.159. The fraction of sp³-hybridized carbons (Fsp3) is 0.429. The average molecular weight is 651 g/mol. The summed E-state index contributed by atoms with van der Waals surface area (Å²) in [4.78, 5) is 0. The molecule has 0 unspecified atom stereocenters. The zero-order valence-electron chi connectivity index (χ0n) is 27.9. The Hall–Kier alpha value is -4.06. The molecule has 0 saturated heterocycles. The number of ether oxygens (including phenoxy) is 2. The first kappa shape index (κ1) is 32.5. The van der Waals surface area contributed by atoms with Crippen molar-refractivity contribution in [2.24, 2.45) is 0 Å². The summed E-state index contributed by atoms with van der Waals surface area (Å²) < 4.78 is 42.1. The molecule has 0 bridgehead atoms. The third kappa shape index (κ3) is 6.76. The summed E-state index contributed by atoms with van der Waals surface area (Å²) in [5.74, 6) is 1.65. The Labute approximate surface area is 283 Å². The third-order valence-corrected chi connectivity index (χ3v) is 11.2. The SMILES string of the molecule is Nc1ccc(Oc2ccc(C3(c4ccc(Oc5ccc(N)cc5F)cc4C4CCCCC4)CCCCC3)c(C3CCCCC3)c2)c(F)c1. The normalized spacial score (nSPS) is 18.8. The summed E-state index contributed by atoms with van der Waals surface area (Å²) in [6, 6.07) is 22.3. The summed E-state index contributed by atoms with van der Waals surface area (Å²) >= 11 is 0. The lowest BCUT2D eigenvalue weighted by Crippen LogP contribution is -2.34. The molecule has 3 aliphatic carbocycles. The Morgan fingerprint density at radius 3 is 1.33 bits per heavy atom. The van der Waals surface area contributed by atoms with Gasteiger partial charge in [0.15, 0.2) is 23.1 Å². The average Bonchev–Trinajstić information content (AvgIpc) is 3.12. The van der Waals surface area contributed by atoms with Crippen molar-refractivity contribution in [3.63, 3.8) is 0 Å². The Morgan fingerprint density at radius 2 is 0.917 bits per heavy atom. The first-order valence-electron chi connectivity index (χ1n) is 18.1. The zero-order chi connectivity index (χ0) is 33.1. The Balaban J connectivity index is 1.35. The van der Waals surface area contributed by atoms with Crippen LogP contribution in [-0.4, -0.2) is 0 Å². The van der Waals surface area contributed by atoms with E-state index in [1.807, 2.05) is 12.1 Å². The van der Waals surface area contributed by atoms with Crippen LogP contribution in [0.5, 0.6) is 23.0 Å². The van der Waals surface area contributed by atoms with Crippen LogP contribution in [0.1, 0.15) is 130 Å². The Morgan fingerprint density at radius 1 is 0.500 bits per heavy atom. The molecule has 0 aliphatic heterocycles. The highest BCUT2D eigenvalue weighted by Crippen LogP contribution is 2.53. The van der Waals surface area contributed by atoms with Crippen molar-refractivity contribution >= 4 is 11.4 Å². The second-order valence-corrected chi connectivity index (χ2v) is 14.4. The van der Waals surface area contributed by atoms with E-state index in [4.69, 9.17) is 20.9 Å². The molecule has 3 aliphatic rings. The van der Waals surface area contributed by atoms with Crippen LogP contribution in [0.3, 0.4) is 0 Å². The zero-order valence-corrected chi connectivity index (χ0v) is 27.9. The molecule has 7 rings (SSSR count). The fourth-order valence-corrected chi connectivity index (χ4v) is 8.88. The molecule has 4 N–H and O–H groups in total. The van der Waals surface area contributed by atoms with Gasteiger partial charge in [0.2, 0.25) is 0 Å². The van der Waals surface area contributed by atoms with E-state index in [0.717, 1.165) is 51.4 Å². The van der Waals surface area contributed by atoms with Crippen molar-refractivity contribution in [2.45, 2.75) is 114 Å². The van der Waals surface area contributed by atoms with Crippen LogP contribution < -0.4 is 20.9 Å². The van der Waals surface area contributed by atoms with Gasteiger partial charge in [-0.2, -0.15) is 0 Å². The molecule has 0 heterocycles. The van der Waals surface area contributed by atoms with Gasteiger partial charge >= 0.3 is 0 Å². The monoisotopic (exact) mass is 650 g/mol. The van der Waals surface area contributed by atoms with Crippen LogP contribution in [0.2, 0.25) is 0 Å². The third-order valence-electron chi connectivity index (χ3n) is 11.2. The first-order valence-corrected chi connectivity index (χ1v) is 18.1. The van der Waals surface area contributed by atoms with E-state index >= 15 is 0 Å². The molecule has 252 valence electrons. The highest BCUT2D eigenvalue weighted by atomic mass is 19.1. The number of nitrogen functional groups attached to an aromatic ring is 2. The largest absolute Gasteiger partial charge is 0.454 e. The van der Waals surface area contributed by atoms with Crippen molar-refractivity contribution in [2.75, 3.05) is 11.5 Å². The molecule has 4 aromatic carbocycles. The standard InChI is InChI=1S/C42H48F2N2O2/c43-38-24-30(45)14-20-40(38)47-32-16-18-36(34(26-32)28-10-4-1-5-11-28)42(22-8-3-9-23-42)37-19-17-33(27-35(37)29-12-6-2-7-13-29)48-41-21-15-31(46)25-39(41)44/h14-21,24-29H,1-13,22-23,45-46H2. The molecule has 0 aromatic heterocycles. The highest BCUT2D eigenvalue weighted by molar-refractivity contribution is 5.54. The maximum atomic E-state index is 14.8. The maximum Gasteiger partial charge on any atom is 0.167 e. The predicted octanol–water partition coefficient (Wildman–Crippen LogP) is 12.1. The minimum atomic E-state index is -0.458. The van der Waals surface area contributed by atoms with Gasteiger partial charge in [-0.3, -0.25) is 0 Å². The van der Waals surface area contributed by atoms with Crippen LogP contribution in [0.4, 0.5) is 20.2 Å². The molecule has 0 atom stereocenters. The summed E-state index contributed by atoms with van der Waals surface area (Å²) in [5.41, 5.74) is 17.7. The first-order chi connectivity index (χ1) is 23.4. The number of halogens is 2. The second-order valence-electron chi connectivity index (χ2n) is 14.4. The molecule has 48 heavy (non-hydrogen) atoms. The summed E-state index contributed by atoms with van der Waals surface area (Å²) in [7, 11) is 0. The van der Waals surface area contributed by atoms with Crippen molar-refractivity contribution in [1.29, 1.82) is 0 Å². The summed E-state index contributed by atoms with van der Waals surface area (Å²) in [6.07, 6.45) is 17.7. The fourth-order valence-electron chi connectivity index (χ4n) is 8.88. The van der Waals surface area contributed by atoms with E-state index in [1.54, 1.807) is 24.3 Å². The van der Waals surface area contributed by atoms with Crippen LogP contribution in [0, 0.1) is 11.6 Å². The molecular formula is C42H48F2N2O2. The van der Waals surface area contributed by atoms with Crippen LogP contribution >= 0.6 is 0 Å². The number of rotatable bonds is 8. The van der Waals surface area contributed by atoms with Gasteiger partial charge < -0.3 is 20.9 Å². The van der Waals surface area contributed by atoms with Gasteiger partial charge in [0.1, 0.15) is 11.5 Å². The van der Waals surface area contributed by atoms with Gasteiger partial charge in [-0.1, -0.05) is 69.9 Å². The highest BCUT2D eigenvalue weighted by Gasteiger charge is 2.41. The van der Waals surface area contributed by atoms with Crippen LogP contribution in [0.15, 0.2) is 72.8 Å². The lowest BCUT2D eigenvalue weighted by molar-refractivity contribution is 0.331. The van der Waals surface area contributed by atoms with Crippen molar-refractivity contribution in [1.82, 2.24) is 0 Å². The van der Waals surface area contributed by atoms with Gasteiger partial charge in [-0.25, -0.2) is 8.78 Å². The molecule has 6 heteroatoms. The number of anilines is 2. The van der Waals surface area contributed by atoms with Gasteiger partial charge in [-0.15, -0.1) is 0 Å². The molecule has 3 fully saturated rings. The quantitative estimate of drug-likeness (QED) is 0.186. The summed E-state index contributed by atoms with van der Waals surface area (Å²) in [6.45, 7) is 0. The number of benzene rings is 4. The summed E-state index contributed by atoms with van der Waals surface area (Å²) in [5, 5.41) is 0. The maximum absolute atomic E-state index is 14.8. The predicted molar refractivity (Wildman–Crippen MR) is 190 cm³/mol. The van der Waals surface area contributed by atoms with E-state index in [2.05, 4.69) is 24.3 Å². The van der Waals surface area contributed by atoms with Crippen molar-refractivity contribution in [3.05, 3.63) is 107 Å². The lowest BCUT2D eigenvalue weighted by atomic mass is 9.60. The second kappa shape index (κ2) is 14.2. The molecule has 0 radical (unpaired) electrons. The molecule has 4 nitrogen and oxygen atoms in total. The van der Waals surface area contributed by atoms with E-state index in [-0.39, 0.29) is 16.9 Å². The molecule has 0 spiro atoms. The Bertz CT molecular complexity index is 1620. The van der Waals surface area contributed by atoms with E-state index < -0.39 is 11.6 Å². The van der Waals surface area contributed by atoms with Crippen LogP contribution in [0.25, 0.3) is 0 Å². The topological polar surface area (TPSA) is 70.5 Å².